The summed E-state index contributed by atoms with van der Waals surface area (Å²) in [4.78, 5) is 54.2. The van der Waals surface area contributed by atoms with Crippen molar-refractivity contribution in [2.24, 2.45) is 11.5 Å². The minimum absolute atomic E-state index is 0.122. The average Bonchev–Trinajstić information content (AvgIpc) is 3.86. The number of imidazole rings is 1. The molecular weight excluding hydrogens is 749 g/mol. The van der Waals surface area contributed by atoms with Gasteiger partial charge in [0.1, 0.15) is 40.6 Å². The Labute approximate surface area is 334 Å². The Balaban J connectivity index is 1.28. The Kier molecular flexibility index (Phi) is 13.1. The number of hydrogen-bond acceptors (Lipinski definition) is 12. The van der Waals surface area contributed by atoms with Gasteiger partial charge < -0.3 is 41.3 Å². The molecule has 0 aliphatic carbocycles. The van der Waals surface area contributed by atoms with Crippen LogP contribution in [0.3, 0.4) is 0 Å². The molecule has 0 aliphatic rings. The van der Waals surface area contributed by atoms with Gasteiger partial charge in [0.15, 0.2) is 0 Å². The number of anilines is 4. The van der Waals surface area contributed by atoms with Gasteiger partial charge in [-0.1, -0.05) is 18.2 Å². The monoisotopic (exact) mass is 796 g/mol. The second-order valence-corrected chi connectivity index (χ2v) is 13.9. The number of hydrogen-bond donors (Lipinski definition) is 6. The van der Waals surface area contributed by atoms with E-state index in [4.69, 9.17) is 31.4 Å². The van der Waals surface area contributed by atoms with Crippen LogP contribution < -0.4 is 42.6 Å². The van der Waals surface area contributed by atoms with E-state index in [2.05, 4.69) is 31.1 Å². The molecule has 306 valence electrons. The van der Waals surface area contributed by atoms with Crippen molar-refractivity contribution in [3.05, 3.63) is 89.5 Å². The number of fused-ring (bicyclic) bond motifs is 1. The molecule has 2 aromatic carbocycles. The molecule has 19 heteroatoms. The van der Waals surface area contributed by atoms with Crippen molar-refractivity contribution in [2.45, 2.75) is 59.9 Å². The summed E-state index contributed by atoms with van der Waals surface area (Å²) in [5, 5.41) is 17.4. The second-order valence-electron chi connectivity index (χ2n) is 13.9. The zero-order chi connectivity index (χ0) is 42.1. The molecule has 0 radical (unpaired) electrons. The average molecular weight is 797 g/mol. The summed E-state index contributed by atoms with van der Waals surface area (Å²) in [7, 11) is 1.46. The minimum atomic E-state index is -0.670. The first-order chi connectivity index (χ1) is 27.6. The number of amides is 4. The summed E-state index contributed by atoms with van der Waals surface area (Å²) in [6, 6.07) is 7.70. The fraction of sp³-hybridized carbons (Fsp3) is 0.308. The van der Waals surface area contributed by atoms with E-state index in [1.165, 1.54) is 37.6 Å². The smallest absolute Gasteiger partial charge is 0.412 e. The molecule has 0 unspecified atom stereocenters. The van der Waals surface area contributed by atoms with E-state index >= 15 is 0 Å². The number of rotatable bonds is 17. The summed E-state index contributed by atoms with van der Waals surface area (Å²) in [5.41, 5.74) is 20.3. The predicted molar refractivity (Wildman–Crippen MR) is 219 cm³/mol. The van der Waals surface area contributed by atoms with Gasteiger partial charge in [0.25, 0.3) is 5.91 Å². The number of benzene rings is 2. The molecule has 3 aromatic heterocycles. The van der Waals surface area contributed by atoms with Crippen LogP contribution in [0.4, 0.5) is 27.8 Å². The van der Waals surface area contributed by atoms with Crippen LogP contribution >= 0.6 is 0 Å². The lowest BCUT2D eigenvalue weighted by atomic mass is 10.1. The van der Waals surface area contributed by atoms with Crippen molar-refractivity contribution >= 4 is 57.9 Å². The first-order valence-corrected chi connectivity index (χ1v) is 18.2. The van der Waals surface area contributed by atoms with Crippen LogP contribution in [0.5, 0.6) is 11.5 Å². The third kappa shape index (κ3) is 10.5. The van der Waals surface area contributed by atoms with Crippen molar-refractivity contribution in [2.75, 3.05) is 41.9 Å². The summed E-state index contributed by atoms with van der Waals surface area (Å²) >= 11 is 0. The number of nitrogens with one attached hydrogen (secondary N) is 3. The summed E-state index contributed by atoms with van der Waals surface area (Å²) in [5.74, 6) is -0.898. The van der Waals surface area contributed by atoms with Crippen LogP contribution in [0.25, 0.3) is 11.0 Å². The molecule has 3 heterocycles. The standard InChI is InChI=1S/C39H48N12O7/c1-7-51-29(16-23(2)48-51)36(54)47-37-46-28-18-25(35(42)53)20-31(56-6)33(28)50(37)14-9-8-12-43-32-27(40)17-24(34(41)52)19-30(32)57-15-11-10-13-49-22-26(21-44-49)45-38(55)58-39(3,4)5/h8-11,16-22,43H,7,12-15,40H2,1-6H3,(H2,41,52)(H2,42,53)(H,45,55)(H,46,47,54)/b9-8+,11-10+. The molecular formula is C39H48N12O7. The maximum atomic E-state index is 13.4. The van der Waals surface area contributed by atoms with Gasteiger partial charge >= 0.3 is 6.09 Å². The van der Waals surface area contributed by atoms with Gasteiger partial charge in [-0.15, -0.1) is 0 Å². The van der Waals surface area contributed by atoms with Crippen molar-refractivity contribution in [1.29, 1.82) is 0 Å². The van der Waals surface area contributed by atoms with E-state index in [-0.39, 0.29) is 42.5 Å². The quantitative estimate of drug-likeness (QED) is 0.0563. The number of carbonyl (C=O) groups excluding carboxylic acids is 4. The lowest BCUT2D eigenvalue weighted by Crippen LogP contribution is -2.27. The number of aryl methyl sites for hydroxylation is 2. The largest absolute Gasteiger partial charge is 0.494 e. The number of nitrogens with zero attached hydrogens (tertiary/aromatic N) is 6. The van der Waals surface area contributed by atoms with E-state index in [0.29, 0.717) is 58.4 Å². The van der Waals surface area contributed by atoms with E-state index in [9.17, 15) is 19.2 Å². The lowest BCUT2D eigenvalue weighted by Gasteiger charge is -2.19. The van der Waals surface area contributed by atoms with Gasteiger partial charge in [-0.3, -0.25) is 34.4 Å². The number of carbonyl (C=O) groups is 4. The minimum Gasteiger partial charge on any atom is -0.494 e. The molecule has 0 bridgehead atoms. The van der Waals surface area contributed by atoms with E-state index in [1.54, 1.807) is 60.0 Å². The topological polar surface area (TPSA) is 264 Å². The van der Waals surface area contributed by atoms with Crippen LogP contribution in [-0.4, -0.2) is 78.8 Å². The van der Waals surface area contributed by atoms with Crippen LogP contribution in [0.1, 0.15) is 64.6 Å². The van der Waals surface area contributed by atoms with Gasteiger partial charge in [-0.05, 0) is 71.0 Å². The highest BCUT2D eigenvalue weighted by Crippen LogP contribution is 2.33. The van der Waals surface area contributed by atoms with Crippen molar-refractivity contribution in [1.82, 2.24) is 29.1 Å². The molecule has 4 amide bonds. The number of primary amides is 2. The van der Waals surface area contributed by atoms with Crippen molar-refractivity contribution in [3.8, 4) is 11.5 Å². The van der Waals surface area contributed by atoms with E-state index in [0.717, 1.165) is 0 Å². The second kappa shape index (κ2) is 18.1. The predicted octanol–water partition coefficient (Wildman–Crippen LogP) is 4.45. The molecule has 0 saturated carbocycles. The number of nitrogen functional groups attached to an aromatic ring is 1. The number of allylic oxidation sites excluding steroid dienone is 2. The Hall–Kier alpha value is -7.31. The molecule has 5 rings (SSSR count). The molecule has 0 fully saturated rings. The van der Waals surface area contributed by atoms with Crippen LogP contribution in [0, 0.1) is 6.92 Å². The normalized spacial score (nSPS) is 11.6. The molecule has 5 aromatic rings. The highest BCUT2D eigenvalue weighted by molar-refractivity contribution is 6.04. The summed E-state index contributed by atoms with van der Waals surface area (Å²) in [6.45, 7) is 10.5. The Morgan fingerprint density at radius 3 is 2.31 bits per heavy atom. The van der Waals surface area contributed by atoms with Crippen LogP contribution in [-0.2, 0) is 24.4 Å². The number of nitrogens with two attached hydrogens (primary N) is 3. The molecule has 0 spiro atoms. The molecule has 19 nitrogen and oxygen atoms in total. The fourth-order valence-electron chi connectivity index (χ4n) is 5.78. The number of methoxy groups -OCH3 is 1. The Morgan fingerprint density at radius 1 is 0.914 bits per heavy atom. The van der Waals surface area contributed by atoms with Crippen LogP contribution in [0.15, 0.2) is 67.0 Å². The Morgan fingerprint density at radius 2 is 1.62 bits per heavy atom. The van der Waals surface area contributed by atoms with Gasteiger partial charge in [0.05, 0.1) is 42.4 Å². The van der Waals surface area contributed by atoms with Gasteiger partial charge in [-0.25, -0.2) is 9.78 Å². The number of aromatic nitrogens is 6. The van der Waals surface area contributed by atoms with Crippen molar-refractivity contribution in [3.63, 3.8) is 0 Å². The molecule has 0 atom stereocenters. The SMILES string of the molecule is CCn1nc(C)cc1C(=O)Nc1nc2cc(C(N)=O)cc(OC)c2n1C/C=C/CNc1c(N)cc(C(N)=O)cc1OC/C=C/Cn1cc(NC(=O)OC(C)(C)C)cn1. The first-order valence-electron chi connectivity index (χ1n) is 18.2. The molecule has 58 heavy (non-hydrogen) atoms. The first kappa shape index (κ1) is 41.8. The zero-order valence-electron chi connectivity index (χ0n) is 33.2. The fourth-order valence-corrected chi connectivity index (χ4v) is 5.78. The Bertz CT molecular complexity index is 2380. The van der Waals surface area contributed by atoms with Gasteiger partial charge in [-0.2, -0.15) is 10.2 Å². The molecule has 0 aliphatic heterocycles. The summed E-state index contributed by atoms with van der Waals surface area (Å²) < 4.78 is 21.8. The molecule has 9 N–H and O–H groups in total. The maximum Gasteiger partial charge on any atom is 0.412 e. The van der Waals surface area contributed by atoms with E-state index in [1.807, 2.05) is 25.2 Å². The third-order valence-electron chi connectivity index (χ3n) is 8.31. The maximum absolute atomic E-state index is 13.4. The highest BCUT2D eigenvalue weighted by atomic mass is 16.6. The van der Waals surface area contributed by atoms with Crippen molar-refractivity contribution < 1.29 is 33.4 Å². The van der Waals surface area contributed by atoms with E-state index < -0.39 is 29.4 Å². The third-order valence-corrected chi connectivity index (χ3v) is 8.31. The zero-order valence-corrected chi connectivity index (χ0v) is 33.2. The number of ether oxygens (including phenoxy) is 3. The summed E-state index contributed by atoms with van der Waals surface area (Å²) in [6.07, 6.45) is 9.85. The highest BCUT2D eigenvalue weighted by Gasteiger charge is 2.22. The molecule has 0 saturated heterocycles. The van der Waals surface area contributed by atoms with Gasteiger partial charge in [0, 0.05) is 37.0 Å². The van der Waals surface area contributed by atoms with Crippen LogP contribution in [0.2, 0.25) is 0 Å². The lowest BCUT2D eigenvalue weighted by molar-refractivity contribution is 0.0635. The van der Waals surface area contributed by atoms with Gasteiger partial charge in [0.2, 0.25) is 17.8 Å².